The maximum atomic E-state index is 13.3. The summed E-state index contributed by atoms with van der Waals surface area (Å²) < 4.78 is 14.9. The molecule has 1 N–H and O–H groups in total. The first-order valence-corrected chi connectivity index (χ1v) is 10.4. The number of allylic oxidation sites excluding steroid dienone is 1. The molecule has 28 heavy (non-hydrogen) atoms. The van der Waals surface area contributed by atoms with Crippen LogP contribution in [0.5, 0.6) is 0 Å². The van der Waals surface area contributed by atoms with Gasteiger partial charge in [-0.15, -0.1) is 17.9 Å². The number of carbonyl (C=O) groups is 1. The Balaban J connectivity index is 1.92. The smallest absolute Gasteiger partial charge is 0.263 e. The zero-order chi connectivity index (χ0) is 20.4. The second-order valence-electron chi connectivity index (χ2n) is 6.32. The SMILES string of the molecule is C=CCn1c(S[C@H](C)C(=O)Nc2cccc(F)c2)nc2sc(C)c(C)c2c1=O. The average Bonchev–Trinajstić information content (AvgIpc) is 2.92. The number of amides is 1. The van der Waals surface area contributed by atoms with Crippen LogP contribution in [0.15, 0.2) is 46.9 Å². The maximum Gasteiger partial charge on any atom is 0.263 e. The van der Waals surface area contributed by atoms with E-state index in [9.17, 15) is 14.0 Å². The lowest BCUT2D eigenvalue weighted by molar-refractivity contribution is -0.115. The van der Waals surface area contributed by atoms with Gasteiger partial charge >= 0.3 is 0 Å². The third-order valence-electron chi connectivity index (χ3n) is 4.31. The number of benzene rings is 1. The third kappa shape index (κ3) is 4.02. The number of hydrogen-bond donors (Lipinski definition) is 1. The molecule has 8 heteroatoms. The summed E-state index contributed by atoms with van der Waals surface area (Å²) in [5, 5.41) is 3.23. The lowest BCUT2D eigenvalue weighted by Crippen LogP contribution is -2.26. The van der Waals surface area contributed by atoms with Gasteiger partial charge in [-0.3, -0.25) is 14.2 Å². The van der Waals surface area contributed by atoms with Gasteiger partial charge in [0.1, 0.15) is 10.6 Å². The van der Waals surface area contributed by atoms with Gasteiger partial charge in [-0.2, -0.15) is 0 Å². The van der Waals surface area contributed by atoms with Gasteiger partial charge < -0.3 is 5.32 Å². The Bertz CT molecular complexity index is 1120. The van der Waals surface area contributed by atoms with Crippen molar-refractivity contribution in [1.29, 1.82) is 0 Å². The van der Waals surface area contributed by atoms with E-state index < -0.39 is 11.1 Å². The highest BCUT2D eigenvalue weighted by Gasteiger charge is 2.21. The summed E-state index contributed by atoms with van der Waals surface area (Å²) in [6, 6.07) is 5.71. The largest absolute Gasteiger partial charge is 0.325 e. The van der Waals surface area contributed by atoms with Gasteiger partial charge in [-0.25, -0.2) is 9.37 Å². The summed E-state index contributed by atoms with van der Waals surface area (Å²) in [5.41, 5.74) is 1.18. The van der Waals surface area contributed by atoms with Crippen molar-refractivity contribution in [2.24, 2.45) is 0 Å². The summed E-state index contributed by atoms with van der Waals surface area (Å²) in [6.45, 7) is 9.61. The molecule has 3 rings (SSSR count). The Labute approximate surface area is 170 Å². The number of fused-ring (bicyclic) bond motifs is 1. The molecular formula is C20H20FN3O2S2. The number of aromatic nitrogens is 2. The predicted octanol–water partition coefficient (Wildman–Crippen LogP) is 4.52. The molecule has 3 aromatic rings. The number of nitrogens with zero attached hydrogens (tertiary/aromatic N) is 2. The van der Waals surface area contributed by atoms with E-state index in [4.69, 9.17) is 0 Å². The molecule has 0 fully saturated rings. The van der Waals surface area contributed by atoms with Gasteiger partial charge in [-0.1, -0.05) is 23.9 Å². The molecule has 1 atom stereocenters. The van der Waals surface area contributed by atoms with Crippen molar-refractivity contribution in [3.8, 4) is 0 Å². The molecule has 0 saturated carbocycles. The van der Waals surface area contributed by atoms with E-state index in [1.54, 1.807) is 19.1 Å². The van der Waals surface area contributed by atoms with Crippen molar-refractivity contribution in [2.45, 2.75) is 37.7 Å². The van der Waals surface area contributed by atoms with Crippen molar-refractivity contribution < 1.29 is 9.18 Å². The lowest BCUT2D eigenvalue weighted by atomic mass is 10.2. The monoisotopic (exact) mass is 417 g/mol. The van der Waals surface area contributed by atoms with Crippen molar-refractivity contribution in [3.05, 3.63) is 63.5 Å². The number of aryl methyl sites for hydroxylation is 2. The van der Waals surface area contributed by atoms with Crippen LogP contribution in [-0.2, 0) is 11.3 Å². The molecule has 0 aliphatic carbocycles. The van der Waals surface area contributed by atoms with E-state index in [1.807, 2.05) is 13.8 Å². The maximum absolute atomic E-state index is 13.3. The Hall–Kier alpha value is -2.45. The summed E-state index contributed by atoms with van der Waals surface area (Å²) in [7, 11) is 0. The molecule has 0 unspecified atom stereocenters. The van der Waals surface area contributed by atoms with Crippen LogP contribution >= 0.6 is 23.1 Å². The minimum atomic E-state index is -0.536. The standard InChI is InChI=1S/C20H20FN3O2S2/c1-5-9-24-19(26)16-11(2)12(3)27-18(16)23-20(24)28-13(4)17(25)22-15-8-6-7-14(21)10-15/h5-8,10,13H,1,9H2,2-4H3,(H,22,25)/t13-/m1/s1. The second-order valence-corrected chi connectivity index (χ2v) is 8.83. The van der Waals surface area contributed by atoms with Gasteiger partial charge in [0, 0.05) is 17.1 Å². The Morgan fingerprint density at radius 2 is 2.21 bits per heavy atom. The van der Waals surface area contributed by atoms with Gasteiger partial charge in [0.2, 0.25) is 5.91 Å². The molecule has 0 bridgehead atoms. The Kier molecular flexibility index (Phi) is 6.00. The first kappa shape index (κ1) is 20.3. The Morgan fingerprint density at radius 3 is 2.89 bits per heavy atom. The van der Waals surface area contributed by atoms with Crippen LogP contribution in [0.3, 0.4) is 0 Å². The van der Waals surface area contributed by atoms with E-state index in [2.05, 4.69) is 16.9 Å². The van der Waals surface area contributed by atoms with Gasteiger partial charge in [0.05, 0.1) is 10.6 Å². The second kappa shape index (κ2) is 8.28. The van der Waals surface area contributed by atoms with Crippen LogP contribution in [0.25, 0.3) is 10.2 Å². The van der Waals surface area contributed by atoms with Gasteiger partial charge in [-0.05, 0) is 44.5 Å². The Morgan fingerprint density at radius 1 is 1.46 bits per heavy atom. The van der Waals surface area contributed by atoms with Gasteiger partial charge in [0.25, 0.3) is 5.56 Å². The molecule has 1 amide bonds. The van der Waals surface area contributed by atoms with Crippen molar-refractivity contribution in [3.63, 3.8) is 0 Å². The summed E-state index contributed by atoms with van der Waals surface area (Å²) in [5.74, 6) is -0.720. The first-order chi connectivity index (χ1) is 13.3. The predicted molar refractivity (Wildman–Crippen MR) is 114 cm³/mol. The molecule has 1 aromatic carbocycles. The van der Waals surface area contributed by atoms with Crippen LogP contribution in [0.2, 0.25) is 0 Å². The van der Waals surface area contributed by atoms with E-state index in [0.717, 1.165) is 10.4 Å². The number of carbonyl (C=O) groups excluding carboxylic acids is 1. The number of rotatable bonds is 6. The number of nitrogens with one attached hydrogen (secondary N) is 1. The van der Waals surface area contributed by atoms with Crippen LogP contribution < -0.4 is 10.9 Å². The van der Waals surface area contributed by atoms with E-state index in [1.165, 1.54) is 45.9 Å². The topological polar surface area (TPSA) is 64.0 Å². The molecule has 0 radical (unpaired) electrons. The highest BCUT2D eigenvalue weighted by Crippen LogP contribution is 2.30. The fourth-order valence-electron chi connectivity index (χ4n) is 2.71. The van der Waals surface area contributed by atoms with Crippen molar-refractivity contribution >= 4 is 44.9 Å². The number of anilines is 1. The van der Waals surface area contributed by atoms with Crippen LogP contribution in [0.4, 0.5) is 10.1 Å². The number of thiophene rings is 1. The molecular weight excluding hydrogens is 397 g/mol. The number of thioether (sulfide) groups is 1. The van der Waals surface area contributed by atoms with E-state index in [0.29, 0.717) is 27.6 Å². The molecule has 0 aliphatic heterocycles. The zero-order valence-corrected chi connectivity index (χ0v) is 17.4. The van der Waals surface area contributed by atoms with Crippen LogP contribution in [0.1, 0.15) is 17.4 Å². The van der Waals surface area contributed by atoms with E-state index in [-0.39, 0.29) is 11.5 Å². The van der Waals surface area contributed by atoms with Crippen molar-refractivity contribution in [2.75, 3.05) is 5.32 Å². The van der Waals surface area contributed by atoms with Crippen LogP contribution in [-0.4, -0.2) is 20.7 Å². The molecule has 0 aliphatic rings. The summed E-state index contributed by atoms with van der Waals surface area (Å²) >= 11 is 2.66. The van der Waals surface area contributed by atoms with Crippen LogP contribution in [0, 0.1) is 19.7 Å². The number of hydrogen-bond acceptors (Lipinski definition) is 5. The molecule has 146 valence electrons. The summed E-state index contributed by atoms with van der Waals surface area (Å²) in [4.78, 5) is 31.8. The number of halogens is 1. The fourth-order valence-corrected chi connectivity index (χ4v) is 4.70. The lowest BCUT2D eigenvalue weighted by Gasteiger charge is -2.15. The molecule has 5 nitrogen and oxygen atoms in total. The molecule has 2 aromatic heterocycles. The minimum absolute atomic E-state index is 0.132. The van der Waals surface area contributed by atoms with Gasteiger partial charge in [0.15, 0.2) is 5.16 Å². The van der Waals surface area contributed by atoms with Crippen molar-refractivity contribution in [1.82, 2.24) is 9.55 Å². The third-order valence-corrected chi connectivity index (χ3v) is 6.50. The molecule has 2 heterocycles. The van der Waals surface area contributed by atoms with E-state index >= 15 is 0 Å². The zero-order valence-electron chi connectivity index (χ0n) is 15.8. The first-order valence-electron chi connectivity index (χ1n) is 8.66. The molecule has 0 spiro atoms. The quantitative estimate of drug-likeness (QED) is 0.364. The molecule has 0 saturated heterocycles. The minimum Gasteiger partial charge on any atom is -0.325 e. The average molecular weight is 418 g/mol. The highest BCUT2D eigenvalue weighted by molar-refractivity contribution is 8.00. The fraction of sp³-hybridized carbons (Fsp3) is 0.250. The highest BCUT2D eigenvalue weighted by atomic mass is 32.2. The normalized spacial score (nSPS) is 12.1. The summed E-state index contributed by atoms with van der Waals surface area (Å²) in [6.07, 6.45) is 1.63.